The first-order valence-electron chi connectivity index (χ1n) is 9.24. The van der Waals surface area contributed by atoms with Crippen LogP contribution < -0.4 is 4.90 Å². The molecule has 4 heterocycles. The molecular formula is C21H18FN5O. The number of carbonyl (C=O) groups is 1. The number of hydrogen-bond acceptors (Lipinski definition) is 3. The Hall–Kier alpha value is -3.48. The van der Waals surface area contributed by atoms with Gasteiger partial charge in [0.2, 0.25) is 5.91 Å². The van der Waals surface area contributed by atoms with Gasteiger partial charge in [0.05, 0.1) is 23.3 Å². The highest BCUT2D eigenvalue weighted by Gasteiger charge is 2.27. The van der Waals surface area contributed by atoms with Crippen LogP contribution in [-0.4, -0.2) is 31.8 Å². The van der Waals surface area contributed by atoms with Crippen LogP contribution in [0, 0.1) is 5.82 Å². The summed E-state index contributed by atoms with van der Waals surface area (Å²) >= 11 is 0. The molecule has 3 aromatic heterocycles. The Kier molecular flexibility index (Phi) is 3.93. The number of fused-ring (bicyclic) bond motifs is 2. The van der Waals surface area contributed by atoms with E-state index in [0.717, 1.165) is 40.9 Å². The van der Waals surface area contributed by atoms with Gasteiger partial charge in [0.15, 0.2) is 0 Å². The van der Waals surface area contributed by atoms with Crippen molar-refractivity contribution >= 4 is 22.6 Å². The van der Waals surface area contributed by atoms with Crippen LogP contribution in [0.25, 0.3) is 16.7 Å². The summed E-state index contributed by atoms with van der Waals surface area (Å²) in [5.41, 5.74) is 3.39. The van der Waals surface area contributed by atoms with Crippen molar-refractivity contribution in [2.24, 2.45) is 0 Å². The molecule has 6 nitrogen and oxygen atoms in total. The van der Waals surface area contributed by atoms with Crippen LogP contribution in [0.5, 0.6) is 0 Å². The van der Waals surface area contributed by atoms with Gasteiger partial charge in [-0.05, 0) is 55.3 Å². The summed E-state index contributed by atoms with van der Waals surface area (Å²) in [7, 11) is 0. The van der Waals surface area contributed by atoms with E-state index in [1.165, 1.54) is 12.1 Å². The van der Waals surface area contributed by atoms with E-state index in [-0.39, 0.29) is 18.3 Å². The third kappa shape index (κ3) is 2.76. The molecule has 0 bridgehead atoms. The molecule has 5 rings (SSSR count). The topological polar surface area (TPSA) is 56.0 Å². The van der Waals surface area contributed by atoms with Crippen molar-refractivity contribution < 1.29 is 9.18 Å². The lowest BCUT2D eigenvalue weighted by atomic mass is 10.1. The third-order valence-corrected chi connectivity index (χ3v) is 5.13. The lowest BCUT2D eigenvalue weighted by Crippen LogP contribution is -2.37. The summed E-state index contributed by atoms with van der Waals surface area (Å²) in [4.78, 5) is 19.2. The van der Waals surface area contributed by atoms with E-state index in [1.54, 1.807) is 34.1 Å². The zero-order valence-electron chi connectivity index (χ0n) is 15.1. The van der Waals surface area contributed by atoms with Crippen LogP contribution in [-0.2, 0) is 17.8 Å². The quantitative estimate of drug-likeness (QED) is 0.552. The fraction of sp³-hybridized carbons (Fsp3) is 0.190. The summed E-state index contributed by atoms with van der Waals surface area (Å²) in [6.07, 6.45) is 7.03. The standard InChI is InChI=1S/C21H18FN5O/c22-16-5-7-17(8-6-16)27-18-4-2-11-26(19(18)13-24-27)20(28)14-25-12-9-15-3-1-10-23-21(15)25/h1,3,5-10,12-13H,2,4,11,14H2. The summed E-state index contributed by atoms with van der Waals surface area (Å²) in [5.74, 6) is -0.281. The van der Waals surface area contributed by atoms with Gasteiger partial charge in [-0.2, -0.15) is 5.10 Å². The van der Waals surface area contributed by atoms with Gasteiger partial charge in [-0.15, -0.1) is 0 Å². The van der Waals surface area contributed by atoms with E-state index in [4.69, 9.17) is 0 Å². The molecule has 0 atom stereocenters. The number of nitrogens with zero attached hydrogens (tertiary/aromatic N) is 5. The molecule has 1 aliphatic rings. The summed E-state index contributed by atoms with van der Waals surface area (Å²) in [6.45, 7) is 0.884. The van der Waals surface area contributed by atoms with Crippen LogP contribution in [0.4, 0.5) is 10.1 Å². The number of rotatable bonds is 3. The zero-order valence-corrected chi connectivity index (χ0v) is 15.1. The normalized spacial score (nSPS) is 13.7. The third-order valence-electron chi connectivity index (χ3n) is 5.13. The molecule has 0 N–H and O–H groups in total. The zero-order chi connectivity index (χ0) is 19.1. The monoisotopic (exact) mass is 375 g/mol. The first-order valence-corrected chi connectivity index (χ1v) is 9.24. The summed E-state index contributed by atoms with van der Waals surface area (Å²) < 4.78 is 16.9. The molecule has 1 aromatic carbocycles. The number of carbonyl (C=O) groups excluding carboxylic acids is 1. The molecule has 0 aliphatic carbocycles. The number of hydrogen-bond donors (Lipinski definition) is 0. The van der Waals surface area contributed by atoms with E-state index in [9.17, 15) is 9.18 Å². The molecule has 28 heavy (non-hydrogen) atoms. The molecule has 0 saturated carbocycles. The molecule has 1 aliphatic heterocycles. The SMILES string of the molecule is O=C(Cn1ccc2cccnc21)N1CCCc2c1cnn2-c1ccc(F)cc1. The smallest absolute Gasteiger partial charge is 0.247 e. The Morgan fingerprint density at radius 3 is 2.86 bits per heavy atom. The van der Waals surface area contributed by atoms with Crippen molar-refractivity contribution in [3.63, 3.8) is 0 Å². The molecular weight excluding hydrogens is 357 g/mol. The second-order valence-electron chi connectivity index (χ2n) is 6.87. The number of benzene rings is 1. The minimum Gasteiger partial charge on any atom is -0.323 e. The fourth-order valence-electron chi connectivity index (χ4n) is 3.79. The number of aromatic nitrogens is 4. The average molecular weight is 375 g/mol. The van der Waals surface area contributed by atoms with Gasteiger partial charge >= 0.3 is 0 Å². The molecule has 1 amide bonds. The maximum absolute atomic E-state index is 13.2. The highest BCUT2D eigenvalue weighted by atomic mass is 19.1. The Bertz CT molecular complexity index is 1160. The van der Waals surface area contributed by atoms with E-state index < -0.39 is 0 Å². The molecule has 0 spiro atoms. The maximum atomic E-state index is 13.2. The van der Waals surface area contributed by atoms with Crippen molar-refractivity contribution in [3.8, 4) is 5.69 Å². The Balaban J connectivity index is 1.45. The van der Waals surface area contributed by atoms with Gasteiger partial charge < -0.3 is 9.47 Å². The van der Waals surface area contributed by atoms with Gasteiger partial charge in [0, 0.05) is 24.3 Å². The van der Waals surface area contributed by atoms with E-state index >= 15 is 0 Å². The van der Waals surface area contributed by atoms with Crippen molar-refractivity contribution in [1.29, 1.82) is 0 Å². The minimum absolute atomic E-state index is 0.00255. The van der Waals surface area contributed by atoms with Crippen LogP contribution in [0.2, 0.25) is 0 Å². The lowest BCUT2D eigenvalue weighted by molar-refractivity contribution is -0.119. The highest BCUT2D eigenvalue weighted by molar-refractivity contribution is 5.95. The minimum atomic E-state index is -0.283. The van der Waals surface area contributed by atoms with Crippen molar-refractivity contribution in [2.45, 2.75) is 19.4 Å². The van der Waals surface area contributed by atoms with E-state index in [1.807, 2.05) is 29.0 Å². The van der Waals surface area contributed by atoms with Crippen LogP contribution >= 0.6 is 0 Å². The van der Waals surface area contributed by atoms with Gasteiger partial charge in [-0.1, -0.05) is 0 Å². The van der Waals surface area contributed by atoms with Gasteiger partial charge in [0.1, 0.15) is 18.0 Å². The first kappa shape index (κ1) is 16.7. The van der Waals surface area contributed by atoms with Gasteiger partial charge in [-0.25, -0.2) is 14.1 Å². The molecule has 4 aromatic rings. The second-order valence-corrected chi connectivity index (χ2v) is 6.87. The average Bonchev–Trinajstić information content (AvgIpc) is 3.33. The number of amides is 1. The number of pyridine rings is 1. The van der Waals surface area contributed by atoms with Crippen molar-refractivity contribution in [1.82, 2.24) is 19.3 Å². The van der Waals surface area contributed by atoms with Crippen molar-refractivity contribution in [2.75, 3.05) is 11.4 Å². The second kappa shape index (κ2) is 6.60. The highest BCUT2D eigenvalue weighted by Crippen LogP contribution is 2.29. The molecule has 0 unspecified atom stereocenters. The first-order chi connectivity index (χ1) is 13.7. The predicted octanol–water partition coefficient (Wildman–Crippen LogP) is 3.34. The van der Waals surface area contributed by atoms with Crippen LogP contribution in [0.3, 0.4) is 0 Å². The number of anilines is 1. The summed E-state index contributed by atoms with van der Waals surface area (Å²) in [5, 5.41) is 5.47. The maximum Gasteiger partial charge on any atom is 0.247 e. The molecule has 7 heteroatoms. The largest absolute Gasteiger partial charge is 0.323 e. The van der Waals surface area contributed by atoms with Crippen LogP contribution in [0.15, 0.2) is 61.1 Å². The van der Waals surface area contributed by atoms with Crippen molar-refractivity contribution in [3.05, 3.63) is 72.6 Å². The predicted molar refractivity (Wildman–Crippen MR) is 104 cm³/mol. The van der Waals surface area contributed by atoms with Gasteiger partial charge in [0.25, 0.3) is 0 Å². The fourth-order valence-corrected chi connectivity index (χ4v) is 3.79. The Labute approximate surface area is 160 Å². The molecule has 0 fully saturated rings. The lowest BCUT2D eigenvalue weighted by Gasteiger charge is -2.27. The number of halogens is 1. The molecule has 0 radical (unpaired) electrons. The van der Waals surface area contributed by atoms with Crippen LogP contribution in [0.1, 0.15) is 12.1 Å². The van der Waals surface area contributed by atoms with Gasteiger partial charge in [-0.3, -0.25) is 4.79 Å². The Morgan fingerprint density at radius 2 is 2.00 bits per heavy atom. The molecule has 140 valence electrons. The van der Waals surface area contributed by atoms with E-state index in [0.29, 0.717) is 6.54 Å². The molecule has 0 saturated heterocycles. The van der Waals surface area contributed by atoms with E-state index in [2.05, 4.69) is 10.1 Å². The Morgan fingerprint density at radius 1 is 1.14 bits per heavy atom. The summed E-state index contributed by atoms with van der Waals surface area (Å²) in [6, 6.07) is 12.1.